The highest BCUT2D eigenvalue weighted by Crippen LogP contribution is 2.40. The molecule has 0 saturated heterocycles. The van der Waals surface area contributed by atoms with Gasteiger partial charge >= 0.3 is 12.0 Å². The molecule has 0 radical (unpaired) electrons. The zero-order valence-corrected chi connectivity index (χ0v) is 19.4. The Hall–Kier alpha value is -3.39. The summed E-state index contributed by atoms with van der Waals surface area (Å²) in [5.41, 5.74) is 0.152. The summed E-state index contributed by atoms with van der Waals surface area (Å²) < 4.78 is 39.9. The summed E-state index contributed by atoms with van der Waals surface area (Å²) in [6.45, 7) is 5.72. The second-order valence-corrected chi connectivity index (χ2v) is 8.07. The van der Waals surface area contributed by atoms with Crippen LogP contribution < -0.4 is 4.74 Å². The van der Waals surface area contributed by atoms with Gasteiger partial charge in [-0.3, -0.25) is 0 Å². The fourth-order valence-electron chi connectivity index (χ4n) is 3.85. The number of benzene rings is 2. The highest BCUT2D eigenvalue weighted by Gasteiger charge is 2.50. The molecule has 0 amide bonds. The molecular formula is C26H28F2N2O4. The van der Waals surface area contributed by atoms with Gasteiger partial charge in [0.1, 0.15) is 11.6 Å². The molecule has 0 spiro atoms. The molecule has 0 aliphatic rings. The predicted molar refractivity (Wildman–Crippen MR) is 123 cm³/mol. The monoisotopic (exact) mass is 470 g/mol. The van der Waals surface area contributed by atoms with Crippen molar-refractivity contribution in [2.75, 3.05) is 6.61 Å². The summed E-state index contributed by atoms with van der Waals surface area (Å²) in [4.78, 5) is 21.1. The Balaban J connectivity index is 2.22. The molecule has 0 aliphatic carbocycles. The van der Waals surface area contributed by atoms with Crippen molar-refractivity contribution in [2.24, 2.45) is 0 Å². The van der Waals surface area contributed by atoms with E-state index in [0.717, 1.165) is 12.8 Å². The molecule has 6 nitrogen and oxygen atoms in total. The molecule has 1 atom stereocenters. The van der Waals surface area contributed by atoms with Crippen molar-refractivity contribution in [3.8, 4) is 6.01 Å². The molecule has 3 rings (SSSR count). The van der Waals surface area contributed by atoms with Crippen LogP contribution >= 0.6 is 0 Å². The number of unbranched alkanes of at least 4 members (excludes halogenated alkanes) is 2. The third-order valence-electron chi connectivity index (χ3n) is 5.40. The first-order valence-electron chi connectivity index (χ1n) is 11.1. The summed E-state index contributed by atoms with van der Waals surface area (Å²) in [6, 6.07) is 12.3. The summed E-state index contributed by atoms with van der Waals surface area (Å²) in [5, 5.41) is 10.3. The number of aryl methyl sites for hydroxylation is 2. The van der Waals surface area contributed by atoms with Crippen molar-refractivity contribution >= 4 is 5.97 Å². The zero-order chi connectivity index (χ0) is 24.7. The number of hydrogen-bond donors (Lipinski definition) is 1. The molecule has 0 fully saturated rings. The minimum absolute atomic E-state index is 0.129. The number of nitrogens with zero attached hydrogens (tertiary/aromatic N) is 2. The number of hydrogen-bond acceptors (Lipinski definition) is 5. The van der Waals surface area contributed by atoms with Crippen LogP contribution in [0.5, 0.6) is 6.01 Å². The third kappa shape index (κ3) is 5.75. The maximum atomic E-state index is 13.8. The standard InChI is InChI=1S/C26H28F2N2O4/c1-4-5-6-15-33-26(19-7-11-21(27)12-8-19,20-9-13-22(28)14-10-20)23(24(31)32)34-25-29-17(2)16-18(3)30-25/h7-14,16,23H,4-6,15H2,1-3H3,(H,31,32)/t23-/m1/s1. The van der Waals surface area contributed by atoms with Crippen molar-refractivity contribution in [1.29, 1.82) is 0 Å². The minimum Gasteiger partial charge on any atom is -0.478 e. The van der Waals surface area contributed by atoms with Crippen molar-refractivity contribution in [3.63, 3.8) is 0 Å². The van der Waals surface area contributed by atoms with Gasteiger partial charge in [0.05, 0.1) is 0 Å². The first-order chi connectivity index (χ1) is 16.3. The van der Waals surface area contributed by atoms with Crippen LogP contribution in [0.1, 0.15) is 48.7 Å². The number of halogens is 2. The van der Waals surface area contributed by atoms with Crippen molar-refractivity contribution in [3.05, 3.63) is 88.7 Å². The van der Waals surface area contributed by atoms with Crippen LogP contribution in [-0.4, -0.2) is 33.8 Å². The molecule has 0 unspecified atom stereocenters. The summed E-state index contributed by atoms with van der Waals surface area (Å²) in [7, 11) is 0. The van der Waals surface area contributed by atoms with Crippen molar-refractivity contribution in [2.45, 2.75) is 51.7 Å². The molecule has 3 aromatic rings. The van der Waals surface area contributed by atoms with Crippen LogP contribution in [0.4, 0.5) is 8.78 Å². The number of ether oxygens (including phenoxy) is 2. The number of carboxylic acids is 1. The van der Waals surface area contributed by atoms with Crippen LogP contribution in [0.25, 0.3) is 0 Å². The average molecular weight is 471 g/mol. The maximum absolute atomic E-state index is 13.8. The van der Waals surface area contributed by atoms with E-state index >= 15 is 0 Å². The Bertz CT molecular complexity index is 1040. The summed E-state index contributed by atoms with van der Waals surface area (Å²) >= 11 is 0. The summed E-state index contributed by atoms with van der Waals surface area (Å²) in [6.07, 6.45) is 0.791. The first kappa shape index (κ1) is 25.2. The van der Waals surface area contributed by atoms with E-state index in [9.17, 15) is 18.7 Å². The highest BCUT2D eigenvalue weighted by atomic mass is 19.1. The molecule has 1 aromatic heterocycles. The van der Waals surface area contributed by atoms with Gasteiger partial charge in [-0.25, -0.2) is 23.5 Å². The molecule has 0 bridgehead atoms. The normalized spacial score (nSPS) is 12.4. The number of carboxylic acid groups (broad SMARTS) is 1. The van der Waals surface area contributed by atoms with E-state index < -0.39 is 29.3 Å². The average Bonchev–Trinajstić information content (AvgIpc) is 2.79. The quantitative estimate of drug-likeness (QED) is 0.380. The topological polar surface area (TPSA) is 81.5 Å². The van der Waals surface area contributed by atoms with Crippen LogP contribution in [-0.2, 0) is 15.1 Å². The predicted octanol–water partition coefficient (Wildman–Crippen LogP) is 5.35. The first-order valence-corrected chi connectivity index (χ1v) is 11.1. The van der Waals surface area contributed by atoms with E-state index in [1.165, 1.54) is 48.5 Å². The maximum Gasteiger partial charge on any atom is 0.348 e. The number of aliphatic carboxylic acids is 1. The summed E-state index contributed by atoms with van der Waals surface area (Å²) in [5.74, 6) is -2.33. The molecular weight excluding hydrogens is 442 g/mol. The minimum atomic E-state index is -1.73. The third-order valence-corrected chi connectivity index (χ3v) is 5.40. The smallest absolute Gasteiger partial charge is 0.348 e. The van der Waals surface area contributed by atoms with E-state index in [-0.39, 0.29) is 12.6 Å². The number of aromatic nitrogens is 2. The Morgan fingerprint density at radius 1 is 0.941 bits per heavy atom. The van der Waals surface area contributed by atoms with Gasteiger partial charge in [0.15, 0.2) is 5.60 Å². The van der Waals surface area contributed by atoms with Crippen molar-refractivity contribution in [1.82, 2.24) is 9.97 Å². The van der Waals surface area contributed by atoms with Crippen LogP contribution in [0.15, 0.2) is 54.6 Å². The van der Waals surface area contributed by atoms with Gasteiger partial charge in [-0.15, -0.1) is 0 Å². The lowest BCUT2D eigenvalue weighted by atomic mass is 9.81. The molecule has 8 heteroatoms. The van der Waals surface area contributed by atoms with Gasteiger partial charge < -0.3 is 14.6 Å². The van der Waals surface area contributed by atoms with Gasteiger partial charge in [0, 0.05) is 18.0 Å². The molecule has 180 valence electrons. The van der Waals surface area contributed by atoms with Gasteiger partial charge in [-0.1, -0.05) is 44.0 Å². The second kappa shape index (κ2) is 11.2. The van der Waals surface area contributed by atoms with E-state index in [1.54, 1.807) is 19.9 Å². The lowest BCUT2D eigenvalue weighted by molar-refractivity contribution is -0.164. The van der Waals surface area contributed by atoms with E-state index in [0.29, 0.717) is 28.9 Å². The molecule has 34 heavy (non-hydrogen) atoms. The Morgan fingerprint density at radius 3 is 1.88 bits per heavy atom. The van der Waals surface area contributed by atoms with Crippen molar-refractivity contribution < 1.29 is 28.2 Å². The van der Waals surface area contributed by atoms with Crippen LogP contribution in [0.2, 0.25) is 0 Å². The van der Waals surface area contributed by atoms with Gasteiger partial charge in [-0.05, 0) is 61.7 Å². The van der Waals surface area contributed by atoms with Gasteiger partial charge in [0.2, 0.25) is 6.10 Å². The molecule has 0 saturated carbocycles. The largest absolute Gasteiger partial charge is 0.478 e. The van der Waals surface area contributed by atoms with Gasteiger partial charge in [0.25, 0.3) is 0 Å². The van der Waals surface area contributed by atoms with Gasteiger partial charge in [-0.2, -0.15) is 0 Å². The highest BCUT2D eigenvalue weighted by molar-refractivity contribution is 5.76. The molecule has 1 N–H and O–H groups in total. The Morgan fingerprint density at radius 2 is 1.44 bits per heavy atom. The van der Waals surface area contributed by atoms with E-state index in [2.05, 4.69) is 9.97 Å². The Kier molecular flexibility index (Phi) is 8.28. The fraction of sp³-hybridized carbons (Fsp3) is 0.346. The molecule has 0 aliphatic heterocycles. The zero-order valence-electron chi connectivity index (χ0n) is 19.4. The number of rotatable bonds is 11. The lowest BCUT2D eigenvalue weighted by Crippen LogP contribution is -2.51. The van der Waals surface area contributed by atoms with E-state index in [4.69, 9.17) is 9.47 Å². The lowest BCUT2D eigenvalue weighted by Gasteiger charge is -2.39. The van der Waals surface area contributed by atoms with Crippen LogP contribution in [0, 0.1) is 25.5 Å². The fourth-order valence-corrected chi connectivity index (χ4v) is 3.85. The van der Waals surface area contributed by atoms with Crippen LogP contribution in [0.3, 0.4) is 0 Å². The molecule has 2 aromatic carbocycles. The number of carbonyl (C=O) groups is 1. The SMILES string of the molecule is CCCCCOC(c1ccc(F)cc1)(c1ccc(F)cc1)[C@H](Oc1nc(C)cc(C)n1)C(=O)O. The second-order valence-electron chi connectivity index (χ2n) is 8.07. The molecule has 1 heterocycles. The Labute approximate surface area is 197 Å². The van der Waals surface area contributed by atoms with E-state index in [1.807, 2.05) is 6.92 Å².